The molecule has 2 unspecified atom stereocenters. The predicted octanol–water partition coefficient (Wildman–Crippen LogP) is 3.61. The smallest absolute Gasteiger partial charge is 0.349 e. The number of benzene rings is 1. The third kappa shape index (κ3) is 2.50. The van der Waals surface area contributed by atoms with E-state index in [1.165, 1.54) is 13.1 Å². The van der Waals surface area contributed by atoms with Crippen LogP contribution in [-0.2, 0) is 4.79 Å². The maximum absolute atomic E-state index is 13.4. The van der Waals surface area contributed by atoms with Gasteiger partial charge < -0.3 is 15.3 Å². The molecule has 0 radical (unpaired) electrons. The number of rotatable bonds is 2. The fourth-order valence-electron chi connectivity index (χ4n) is 4.26. The Labute approximate surface area is 168 Å². The van der Waals surface area contributed by atoms with E-state index in [1.807, 2.05) is 13.8 Å². The summed E-state index contributed by atoms with van der Waals surface area (Å²) < 4.78 is 4.91. The van der Waals surface area contributed by atoms with Crippen molar-refractivity contribution in [2.75, 3.05) is 12.4 Å². The van der Waals surface area contributed by atoms with Gasteiger partial charge in [-0.3, -0.25) is 4.65 Å². The number of amides is 1. The number of quaternary nitrogens is 1. The van der Waals surface area contributed by atoms with Crippen LogP contribution in [0.4, 0.5) is 11.4 Å². The number of anilines is 1. The van der Waals surface area contributed by atoms with Crippen molar-refractivity contribution in [3.63, 3.8) is 0 Å². The molecule has 146 valence electrons. The van der Waals surface area contributed by atoms with E-state index in [2.05, 4.69) is 16.4 Å². The lowest BCUT2D eigenvalue weighted by Crippen LogP contribution is -2.51. The summed E-state index contributed by atoms with van der Waals surface area (Å²) in [5.74, 6) is -0.490. The Morgan fingerprint density at radius 2 is 2.10 bits per heavy atom. The molecular weight excluding hydrogens is 368 g/mol. The summed E-state index contributed by atoms with van der Waals surface area (Å²) in [6.07, 6.45) is 3.88. The number of carbonyl (C=O) groups is 1. The topological polar surface area (TPSA) is 98.1 Å². The molecule has 1 fully saturated rings. The first-order chi connectivity index (χ1) is 13.8. The lowest BCUT2D eigenvalue weighted by Gasteiger charge is -2.45. The fraction of sp³-hybridized carbons (Fsp3) is 0.318. The molecule has 2 atom stereocenters. The molecule has 1 aliphatic carbocycles. The highest BCUT2D eigenvalue weighted by Crippen LogP contribution is 2.53. The van der Waals surface area contributed by atoms with Gasteiger partial charge in [0, 0.05) is 23.5 Å². The number of carbonyl (C=O) groups excluding carboxylic acids is 1. The number of aryl methyl sites for hydroxylation is 1. The Balaban J connectivity index is 1.82. The van der Waals surface area contributed by atoms with Crippen molar-refractivity contribution in [3.05, 3.63) is 63.1 Å². The number of hydroxylamine groups is 2. The second kappa shape index (κ2) is 5.89. The number of nitrogens with one attached hydrogen (secondary N) is 1. The zero-order chi connectivity index (χ0) is 20.5. The zero-order valence-corrected chi connectivity index (χ0v) is 16.4. The van der Waals surface area contributed by atoms with Gasteiger partial charge in [-0.1, -0.05) is 6.07 Å². The quantitative estimate of drug-likeness (QED) is 0.623. The zero-order valence-electron chi connectivity index (χ0n) is 16.4. The molecule has 3 aliphatic rings. The van der Waals surface area contributed by atoms with Crippen LogP contribution in [0.3, 0.4) is 0 Å². The monoisotopic (exact) mass is 388 g/mol. The van der Waals surface area contributed by atoms with Crippen LogP contribution in [0.1, 0.15) is 47.9 Å². The van der Waals surface area contributed by atoms with Crippen molar-refractivity contribution < 1.29 is 9.53 Å². The first-order valence-electron chi connectivity index (χ1n) is 9.64. The molecule has 1 aromatic carbocycles. The van der Waals surface area contributed by atoms with Crippen molar-refractivity contribution in [1.29, 1.82) is 5.26 Å². The average Bonchev–Trinajstić information content (AvgIpc) is 3.52. The van der Waals surface area contributed by atoms with Gasteiger partial charge in [-0.15, -0.1) is 0 Å². The Morgan fingerprint density at radius 1 is 1.34 bits per heavy atom. The summed E-state index contributed by atoms with van der Waals surface area (Å²) >= 11 is 0. The van der Waals surface area contributed by atoms with Crippen LogP contribution in [0.2, 0.25) is 0 Å². The number of pyridine rings is 1. The van der Waals surface area contributed by atoms with Gasteiger partial charge in [-0.2, -0.15) is 5.26 Å². The standard InChI is InChI=1S/C22H20N4O3/c1-11-10-24-21(29-14-5-6-14)19-18-15-7-4-13(9-23)8-16(15)26(3,28)22(27)17(18)12(2)25-20(11)19/h4,7-8,10,14,18,25H,5-6H2,1-3H3. The summed E-state index contributed by atoms with van der Waals surface area (Å²) in [6, 6.07) is 7.06. The maximum atomic E-state index is 13.4. The maximum Gasteiger partial charge on any atom is 0.349 e. The van der Waals surface area contributed by atoms with Gasteiger partial charge in [0.1, 0.15) is 11.8 Å². The number of likely N-dealkylation sites (N-methyl/N-ethyl adjacent to an activating group) is 1. The van der Waals surface area contributed by atoms with Gasteiger partial charge >= 0.3 is 5.91 Å². The van der Waals surface area contributed by atoms with E-state index >= 15 is 0 Å². The van der Waals surface area contributed by atoms with Crippen molar-refractivity contribution >= 4 is 17.3 Å². The summed E-state index contributed by atoms with van der Waals surface area (Å²) in [6.45, 7) is 3.77. The Bertz CT molecular complexity index is 1160. The molecule has 1 saturated carbocycles. The number of fused-ring (bicyclic) bond motifs is 5. The van der Waals surface area contributed by atoms with Gasteiger partial charge in [-0.25, -0.2) is 9.78 Å². The van der Waals surface area contributed by atoms with Gasteiger partial charge in [0.2, 0.25) is 5.88 Å². The van der Waals surface area contributed by atoms with Gasteiger partial charge in [-0.05, 0) is 38.3 Å². The lowest BCUT2D eigenvalue weighted by molar-refractivity contribution is -0.123. The number of ether oxygens (including phenoxy) is 1. The molecule has 0 bridgehead atoms. The van der Waals surface area contributed by atoms with Crippen LogP contribution in [0.15, 0.2) is 35.7 Å². The normalized spacial score (nSPS) is 24.8. The van der Waals surface area contributed by atoms with Crippen molar-refractivity contribution in [2.45, 2.75) is 38.7 Å². The minimum absolute atomic E-state index is 0.144. The fourth-order valence-corrected chi connectivity index (χ4v) is 4.26. The van der Waals surface area contributed by atoms with Gasteiger partial charge in [0.05, 0.1) is 41.4 Å². The highest BCUT2D eigenvalue weighted by Gasteiger charge is 2.48. The van der Waals surface area contributed by atoms with Gasteiger partial charge in [0.15, 0.2) is 0 Å². The summed E-state index contributed by atoms with van der Waals surface area (Å²) in [7, 11) is 1.32. The SMILES string of the molecule is CC1=C2C(=O)[N+](C)([O-])c3cc(C#N)ccc3C2c2c(OC3CC3)ncc(C)c2N1. The number of nitriles is 1. The van der Waals surface area contributed by atoms with E-state index in [0.717, 1.165) is 29.7 Å². The summed E-state index contributed by atoms with van der Waals surface area (Å²) in [4.78, 5) is 17.8. The molecule has 0 saturated heterocycles. The van der Waals surface area contributed by atoms with Crippen LogP contribution < -0.4 is 14.7 Å². The molecular formula is C22H20N4O3. The largest absolute Gasteiger partial charge is 0.620 e. The minimum Gasteiger partial charge on any atom is -0.620 e. The van der Waals surface area contributed by atoms with Crippen molar-refractivity contribution in [3.8, 4) is 11.9 Å². The molecule has 0 spiro atoms. The number of hydrogen-bond acceptors (Lipinski definition) is 6. The Morgan fingerprint density at radius 3 is 2.79 bits per heavy atom. The van der Waals surface area contributed by atoms with Crippen LogP contribution in [0, 0.1) is 23.5 Å². The summed E-state index contributed by atoms with van der Waals surface area (Å²) in [5, 5.41) is 26.0. The van der Waals surface area contributed by atoms with E-state index < -0.39 is 16.5 Å². The first kappa shape index (κ1) is 17.9. The number of nitrogens with zero attached hydrogens (tertiary/aromatic N) is 3. The molecule has 1 amide bonds. The average molecular weight is 388 g/mol. The Kier molecular flexibility index (Phi) is 3.63. The molecule has 3 heterocycles. The van der Waals surface area contributed by atoms with E-state index in [-0.39, 0.29) is 6.10 Å². The molecule has 2 aromatic rings. The highest BCUT2D eigenvalue weighted by atomic mass is 16.6. The minimum atomic E-state index is -1.18. The van der Waals surface area contributed by atoms with Crippen LogP contribution >= 0.6 is 0 Å². The molecule has 5 rings (SSSR count). The van der Waals surface area contributed by atoms with Crippen molar-refractivity contribution in [1.82, 2.24) is 9.63 Å². The Hall–Kier alpha value is -3.21. The van der Waals surface area contributed by atoms with E-state index in [0.29, 0.717) is 34.0 Å². The van der Waals surface area contributed by atoms with Gasteiger partial charge in [0.25, 0.3) is 0 Å². The molecule has 7 nitrogen and oxygen atoms in total. The molecule has 7 heteroatoms. The van der Waals surface area contributed by atoms with E-state index in [1.54, 1.807) is 18.3 Å². The van der Waals surface area contributed by atoms with Crippen LogP contribution in [-0.4, -0.2) is 24.0 Å². The second-order valence-electron chi connectivity index (χ2n) is 8.06. The molecule has 1 aromatic heterocycles. The van der Waals surface area contributed by atoms with E-state index in [9.17, 15) is 15.3 Å². The van der Waals surface area contributed by atoms with Crippen LogP contribution in [0.25, 0.3) is 0 Å². The highest BCUT2D eigenvalue weighted by molar-refractivity contribution is 6.09. The number of allylic oxidation sites excluding steroid dienone is 1. The molecule has 29 heavy (non-hydrogen) atoms. The summed E-state index contributed by atoms with van der Waals surface area (Å²) in [5.41, 5.74) is 5.05. The number of hydrogen-bond donors (Lipinski definition) is 1. The molecule has 2 aliphatic heterocycles. The third-order valence-corrected chi connectivity index (χ3v) is 5.91. The van der Waals surface area contributed by atoms with Crippen LogP contribution in [0.5, 0.6) is 5.88 Å². The molecule has 1 N–H and O–H groups in total. The second-order valence-corrected chi connectivity index (χ2v) is 8.06. The van der Waals surface area contributed by atoms with E-state index in [4.69, 9.17) is 4.74 Å². The third-order valence-electron chi connectivity index (χ3n) is 5.91. The predicted molar refractivity (Wildman–Crippen MR) is 108 cm³/mol. The number of aromatic nitrogens is 1. The first-order valence-corrected chi connectivity index (χ1v) is 9.64. The lowest BCUT2D eigenvalue weighted by atomic mass is 9.76. The van der Waals surface area contributed by atoms with Crippen molar-refractivity contribution in [2.24, 2.45) is 0 Å².